The number of carbonyl (C=O) groups is 1. The summed E-state index contributed by atoms with van der Waals surface area (Å²) in [7, 11) is 0. The van der Waals surface area contributed by atoms with Gasteiger partial charge in [-0.2, -0.15) is 5.10 Å². The number of nitrogens with one attached hydrogen (secondary N) is 1. The van der Waals surface area contributed by atoms with E-state index >= 15 is 0 Å². The van der Waals surface area contributed by atoms with E-state index in [1.807, 2.05) is 13.8 Å². The predicted molar refractivity (Wildman–Crippen MR) is 74.5 cm³/mol. The van der Waals surface area contributed by atoms with Crippen LogP contribution in [0.5, 0.6) is 11.5 Å². The van der Waals surface area contributed by atoms with Gasteiger partial charge in [0.25, 0.3) is 0 Å². The first-order chi connectivity index (χ1) is 9.17. The Kier molecular flexibility index (Phi) is 6.43. The normalized spacial score (nSPS) is 10.6. The molecule has 0 saturated heterocycles. The fourth-order valence-corrected chi connectivity index (χ4v) is 1.45. The van der Waals surface area contributed by atoms with E-state index in [1.54, 1.807) is 12.1 Å². The lowest BCUT2D eigenvalue weighted by atomic mass is 10.2. The Hall–Kier alpha value is -2.04. The van der Waals surface area contributed by atoms with Crippen LogP contribution in [0.15, 0.2) is 23.3 Å². The fourth-order valence-electron chi connectivity index (χ4n) is 1.45. The highest BCUT2D eigenvalue weighted by molar-refractivity contribution is 5.83. The van der Waals surface area contributed by atoms with E-state index in [0.29, 0.717) is 18.8 Å². The maximum Gasteiger partial charge on any atom is 0.240 e. The van der Waals surface area contributed by atoms with Crippen molar-refractivity contribution in [2.45, 2.75) is 33.1 Å². The Morgan fingerprint density at radius 2 is 2.26 bits per heavy atom. The molecule has 0 aliphatic rings. The minimum Gasteiger partial charge on any atom is -0.504 e. The zero-order valence-electron chi connectivity index (χ0n) is 11.3. The monoisotopic (exact) mass is 264 g/mol. The smallest absolute Gasteiger partial charge is 0.240 e. The number of hydrogen-bond acceptors (Lipinski definition) is 4. The van der Waals surface area contributed by atoms with Gasteiger partial charge in [-0.1, -0.05) is 13.3 Å². The zero-order valence-corrected chi connectivity index (χ0v) is 11.3. The molecule has 0 aliphatic heterocycles. The largest absolute Gasteiger partial charge is 0.504 e. The first-order valence-electron chi connectivity index (χ1n) is 6.45. The number of ether oxygens (including phenoxy) is 1. The summed E-state index contributed by atoms with van der Waals surface area (Å²) in [6.07, 6.45) is 3.83. The van der Waals surface area contributed by atoms with Crippen molar-refractivity contribution in [2.24, 2.45) is 5.10 Å². The number of phenols is 1. The highest BCUT2D eigenvalue weighted by Gasteiger charge is 2.02. The molecule has 0 aromatic heterocycles. The second-order valence-corrected chi connectivity index (χ2v) is 4.06. The average Bonchev–Trinajstić information content (AvgIpc) is 2.40. The van der Waals surface area contributed by atoms with Gasteiger partial charge < -0.3 is 9.84 Å². The van der Waals surface area contributed by atoms with E-state index in [0.717, 1.165) is 18.4 Å². The van der Waals surface area contributed by atoms with Gasteiger partial charge in [-0.25, -0.2) is 5.43 Å². The highest BCUT2D eigenvalue weighted by Crippen LogP contribution is 2.26. The van der Waals surface area contributed by atoms with Crippen molar-refractivity contribution in [3.8, 4) is 11.5 Å². The van der Waals surface area contributed by atoms with Crippen LogP contribution in [0.1, 0.15) is 38.7 Å². The van der Waals surface area contributed by atoms with Crippen LogP contribution in [0.2, 0.25) is 0 Å². The van der Waals surface area contributed by atoms with Crippen LogP contribution in [0.25, 0.3) is 0 Å². The minimum absolute atomic E-state index is 0.0889. The number of carbonyl (C=O) groups excluding carboxylic acids is 1. The second kappa shape index (κ2) is 8.13. The summed E-state index contributed by atoms with van der Waals surface area (Å²) in [5, 5.41) is 13.4. The summed E-state index contributed by atoms with van der Waals surface area (Å²) in [5.41, 5.74) is 3.21. The van der Waals surface area contributed by atoms with E-state index in [-0.39, 0.29) is 11.7 Å². The number of amides is 1. The molecule has 1 rings (SSSR count). The summed E-state index contributed by atoms with van der Waals surface area (Å²) >= 11 is 0. The maximum absolute atomic E-state index is 11.3. The average molecular weight is 264 g/mol. The Morgan fingerprint density at radius 1 is 1.47 bits per heavy atom. The Balaban J connectivity index is 2.56. The summed E-state index contributed by atoms with van der Waals surface area (Å²) < 4.78 is 5.26. The number of unbranched alkanes of at least 4 members (excludes halogenated alkanes) is 1. The number of hydrogen-bond donors (Lipinski definition) is 2. The third-order valence-electron chi connectivity index (χ3n) is 2.44. The van der Waals surface area contributed by atoms with Gasteiger partial charge in [-0.15, -0.1) is 0 Å². The number of hydrazone groups is 1. The third kappa shape index (κ3) is 5.42. The Labute approximate surface area is 113 Å². The van der Waals surface area contributed by atoms with E-state index in [4.69, 9.17) is 4.74 Å². The standard InChI is InChI=1S/C14H20N2O3/c1-3-5-6-14(18)16-15-10-11-7-8-12(17)13(9-11)19-4-2/h7-10,17H,3-6H2,1-2H3,(H,16,18)/b15-10+. The van der Waals surface area contributed by atoms with E-state index in [1.165, 1.54) is 12.3 Å². The summed E-state index contributed by atoms with van der Waals surface area (Å²) in [6.45, 7) is 4.35. The molecule has 5 heteroatoms. The van der Waals surface area contributed by atoms with Crippen LogP contribution in [0.4, 0.5) is 0 Å². The molecular formula is C14H20N2O3. The van der Waals surface area contributed by atoms with Crippen molar-refractivity contribution in [2.75, 3.05) is 6.61 Å². The van der Waals surface area contributed by atoms with Gasteiger partial charge in [0.2, 0.25) is 5.91 Å². The van der Waals surface area contributed by atoms with E-state index in [9.17, 15) is 9.90 Å². The molecule has 0 fully saturated rings. The lowest BCUT2D eigenvalue weighted by molar-refractivity contribution is -0.121. The molecular weight excluding hydrogens is 244 g/mol. The molecule has 0 unspecified atom stereocenters. The topological polar surface area (TPSA) is 70.9 Å². The predicted octanol–water partition coefficient (Wildman–Crippen LogP) is 2.43. The fraction of sp³-hybridized carbons (Fsp3) is 0.429. The molecule has 1 aromatic carbocycles. The number of nitrogens with zero attached hydrogens (tertiary/aromatic N) is 1. The van der Waals surface area contributed by atoms with Crippen LogP contribution < -0.4 is 10.2 Å². The van der Waals surface area contributed by atoms with Crippen molar-refractivity contribution < 1.29 is 14.6 Å². The van der Waals surface area contributed by atoms with Crippen molar-refractivity contribution in [1.82, 2.24) is 5.43 Å². The second-order valence-electron chi connectivity index (χ2n) is 4.06. The van der Waals surface area contributed by atoms with Crippen LogP contribution in [-0.4, -0.2) is 23.8 Å². The molecule has 0 spiro atoms. The maximum atomic E-state index is 11.3. The zero-order chi connectivity index (χ0) is 14.1. The number of aromatic hydroxyl groups is 1. The molecule has 19 heavy (non-hydrogen) atoms. The van der Waals surface area contributed by atoms with Gasteiger partial charge >= 0.3 is 0 Å². The van der Waals surface area contributed by atoms with Gasteiger partial charge in [-0.05, 0) is 37.1 Å². The lowest BCUT2D eigenvalue weighted by Crippen LogP contribution is -2.16. The van der Waals surface area contributed by atoms with Gasteiger partial charge in [-0.3, -0.25) is 4.79 Å². The van der Waals surface area contributed by atoms with Crippen molar-refractivity contribution >= 4 is 12.1 Å². The van der Waals surface area contributed by atoms with E-state index < -0.39 is 0 Å². The molecule has 0 bridgehead atoms. The first-order valence-corrected chi connectivity index (χ1v) is 6.45. The van der Waals surface area contributed by atoms with Gasteiger partial charge in [0, 0.05) is 6.42 Å². The molecule has 0 atom stereocenters. The molecule has 0 aliphatic carbocycles. The van der Waals surface area contributed by atoms with Crippen molar-refractivity contribution in [1.29, 1.82) is 0 Å². The van der Waals surface area contributed by atoms with Gasteiger partial charge in [0.1, 0.15) is 0 Å². The summed E-state index contributed by atoms with van der Waals surface area (Å²) in [4.78, 5) is 11.3. The molecule has 104 valence electrons. The third-order valence-corrected chi connectivity index (χ3v) is 2.44. The number of benzene rings is 1. The molecule has 0 radical (unpaired) electrons. The number of phenolic OH excluding ortho intramolecular Hbond substituents is 1. The van der Waals surface area contributed by atoms with Crippen LogP contribution in [0, 0.1) is 0 Å². The SMILES string of the molecule is CCCCC(=O)N/N=C/c1ccc(O)c(OCC)c1. The summed E-state index contributed by atoms with van der Waals surface area (Å²) in [6, 6.07) is 4.89. The molecule has 0 heterocycles. The lowest BCUT2D eigenvalue weighted by Gasteiger charge is -2.05. The first kappa shape index (κ1) is 15.0. The van der Waals surface area contributed by atoms with Gasteiger partial charge in [0.05, 0.1) is 12.8 Å². The minimum atomic E-state index is -0.0955. The van der Waals surface area contributed by atoms with Gasteiger partial charge in [0.15, 0.2) is 11.5 Å². The van der Waals surface area contributed by atoms with E-state index in [2.05, 4.69) is 10.5 Å². The van der Waals surface area contributed by atoms with Crippen LogP contribution in [0.3, 0.4) is 0 Å². The molecule has 2 N–H and O–H groups in total. The Bertz CT molecular complexity index is 444. The Morgan fingerprint density at radius 3 is 2.95 bits per heavy atom. The van der Waals surface area contributed by atoms with Crippen molar-refractivity contribution in [3.05, 3.63) is 23.8 Å². The van der Waals surface area contributed by atoms with Crippen LogP contribution >= 0.6 is 0 Å². The quantitative estimate of drug-likeness (QED) is 0.587. The summed E-state index contributed by atoms with van der Waals surface area (Å²) in [5.74, 6) is 0.400. The molecule has 5 nitrogen and oxygen atoms in total. The number of rotatable bonds is 7. The molecule has 1 amide bonds. The molecule has 0 saturated carbocycles. The highest BCUT2D eigenvalue weighted by atomic mass is 16.5. The van der Waals surface area contributed by atoms with Crippen molar-refractivity contribution in [3.63, 3.8) is 0 Å². The van der Waals surface area contributed by atoms with Crippen LogP contribution in [-0.2, 0) is 4.79 Å². The molecule has 1 aromatic rings.